The Morgan fingerprint density at radius 2 is 1.88 bits per heavy atom. The van der Waals surface area contributed by atoms with Crippen molar-refractivity contribution in [1.29, 1.82) is 0 Å². The molecule has 0 spiro atoms. The molecule has 0 saturated heterocycles. The van der Waals surface area contributed by atoms with Crippen molar-refractivity contribution in [3.8, 4) is 0 Å². The fourth-order valence-corrected chi connectivity index (χ4v) is 1.95. The van der Waals surface area contributed by atoms with E-state index in [1.54, 1.807) is 0 Å². The fourth-order valence-electron chi connectivity index (χ4n) is 1.15. The summed E-state index contributed by atoms with van der Waals surface area (Å²) in [7, 11) is 1.35. The first-order chi connectivity index (χ1) is 7.72. The van der Waals surface area contributed by atoms with Crippen LogP contribution in [0.2, 0.25) is 0 Å². The number of ether oxygens (including phenoxy) is 1. The predicted octanol–water partition coefficient (Wildman–Crippen LogP) is 2.65. The molecule has 0 radical (unpaired) electrons. The van der Waals surface area contributed by atoms with Crippen molar-refractivity contribution in [1.82, 2.24) is 0 Å². The SMILES string of the molecule is COC(=O)CCCC(=O)Sc1ccccc1. The molecule has 86 valence electrons. The molecule has 0 aliphatic carbocycles. The number of benzene rings is 1. The molecule has 0 fully saturated rings. The summed E-state index contributed by atoms with van der Waals surface area (Å²) >= 11 is 1.21. The standard InChI is InChI=1S/C12H14O3S/c1-15-11(13)8-5-9-12(14)16-10-6-3-2-4-7-10/h2-4,6-7H,5,8-9H2,1H3. The van der Waals surface area contributed by atoms with Gasteiger partial charge in [-0.05, 0) is 18.6 Å². The van der Waals surface area contributed by atoms with Crippen molar-refractivity contribution in [2.45, 2.75) is 24.2 Å². The van der Waals surface area contributed by atoms with Gasteiger partial charge in [-0.25, -0.2) is 0 Å². The van der Waals surface area contributed by atoms with Crippen molar-refractivity contribution in [3.63, 3.8) is 0 Å². The van der Waals surface area contributed by atoms with Gasteiger partial charge in [0, 0.05) is 17.7 Å². The second-order valence-electron chi connectivity index (χ2n) is 3.22. The van der Waals surface area contributed by atoms with Crippen molar-refractivity contribution in [2.75, 3.05) is 7.11 Å². The van der Waals surface area contributed by atoms with Gasteiger partial charge in [-0.3, -0.25) is 9.59 Å². The highest BCUT2D eigenvalue weighted by molar-refractivity contribution is 8.13. The van der Waals surface area contributed by atoms with Crippen LogP contribution in [0.15, 0.2) is 35.2 Å². The van der Waals surface area contributed by atoms with Gasteiger partial charge in [0.1, 0.15) is 0 Å². The van der Waals surface area contributed by atoms with Crippen LogP contribution in [0, 0.1) is 0 Å². The number of esters is 1. The van der Waals surface area contributed by atoms with E-state index in [9.17, 15) is 9.59 Å². The van der Waals surface area contributed by atoms with Gasteiger partial charge in [-0.2, -0.15) is 0 Å². The van der Waals surface area contributed by atoms with Crippen LogP contribution in [0.3, 0.4) is 0 Å². The summed E-state index contributed by atoms with van der Waals surface area (Å²) in [6.45, 7) is 0. The minimum Gasteiger partial charge on any atom is -0.469 e. The zero-order chi connectivity index (χ0) is 11.8. The Labute approximate surface area is 99.2 Å². The molecule has 0 atom stereocenters. The Kier molecular flexibility index (Phi) is 5.64. The molecule has 4 heteroatoms. The zero-order valence-corrected chi connectivity index (χ0v) is 9.96. The average molecular weight is 238 g/mol. The lowest BCUT2D eigenvalue weighted by molar-refractivity contribution is -0.140. The number of thioether (sulfide) groups is 1. The van der Waals surface area contributed by atoms with E-state index in [0.717, 1.165) is 4.90 Å². The molecule has 0 bridgehead atoms. The summed E-state index contributed by atoms with van der Waals surface area (Å²) in [6, 6.07) is 9.48. The number of hydrogen-bond donors (Lipinski definition) is 0. The average Bonchev–Trinajstić information content (AvgIpc) is 2.30. The van der Waals surface area contributed by atoms with Crippen molar-refractivity contribution >= 4 is 22.8 Å². The van der Waals surface area contributed by atoms with Gasteiger partial charge < -0.3 is 4.74 Å². The van der Waals surface area contributed by atoms with Crippen LogP contribution in [-0.4, -0.2) is 18.2 Å². The topological polar surface area (TPSA) is 43.4 Å². The van der Waals surface area contributed by atoms with E-state index in [2.05, 4.69) is 4.74 Å². The highest BCUT2D eigenvalue weighted by Crippen LogP contribution is 2.20. The lowest BCUT2D eigenvalue weighted by Crippen LogP contribution is -2.01. The van der Waals surface area contributed by atoms with Gasteiger partial charge in [0.2, 0.25) is 0 Å². The monoisotopic (exact) mass is 238 g/mol. The molecular formula is C12H14O3S. The zero-order valence-electron chi connectivity index (χ0n) is 9.14. The van der Waals surface area contributed by atoms with E-state index in [1.807, 2.05) is 30.3 Å². The van der Waals surface area contributed by atoms with Crippen LogP contribution in [0.25, 0.3) is 0 Å². The molecule has 0 aromatic heterocycles. The number of carbonyl (C=O) groups excluding carboxylic acids is 2. The molecule has 0 saturated carbocycles. The van der Waals surface area contributed by atoms with Gasteiger partial charge >= 0.3 is 5.97 Å². The van der Waals surface area contributed by atoms with Crippen LogP contribution in [0.5, 0.6) is 0 Å². The maximum atomic E-state index is 11.5. The van der Waals surface area contributed by atoms with E-state index < -0.39 is 0 Å². The van der Waals surface area contributed by atoms with Crippen molar-refractivity contribution < 1.29 is 14.3 Å². The Bertz CT molecular complexity index is 349. The first-order valence-corrected chi connectivity index (χ1v) is 5.86. The van der Waals surface area contributed by atoms with Gasteiger partial charge in [-0.15, -0.1) is 0 Å². The molecule has 0 heterocycles. The highest BCUT2D eigenvalue weighted by Gasteiger charge is 2.06. The van der Waals surface area contributed by atoms with Gasteiger partial charge in [0.05, 0.1) is 7.11 Å². The van der Waals surface area contributed by atoms with E-state index in [1.165, 1.54) is 18.9 Å². The van der Waals surface area contributed by atoms with Crippen LogP contribution >= 0.6 is 11.8 Å². The van der Waals surface area contributed by atoms with Crippen LogP contribution in [-0.2, 0) is 14.3 Å². The molecule has 0 N–H and O–H groups in total. The third-order valence-electron chi connectivity index (χ3n) is 1.96. The number of carbonyl (C=O) groups is 2. The van der Waals surface area contributed by atoms with Crippen LogP contribution in [0.4, 0.5) is 0 Å². The fraction of sp³-hybridized carbons (Fsp3) is 0.333. The summed E-state index contributed by atoms with van der Waals surface area (Å²) in [4.78, 5) is 23.2. The second kappa shape index (κ2) is 7.06. The highest BCUT2D eigenvalue weighted by atomic mass is 32.2. The second-order valence-corrected chi connectivity index (χ2v) is 4.35. The maximum absolute atomic E-state index is 11.5. The van der Waals surface area contributed by atoms with Crippen LogP contribution in [0.1, 0.15) is 19.3 Å². The van der Waals surface area contributed by atoms with E-state index in [-0.39, 0.29) is 11.1 Å². The summed E-state index contributed by atoms with van der Waals surface area (Å²) in [5.41, 5.74) is 0. The molecular weight excluding hydrogens is 224 g/mol. The molecule has 1 rings (SSSR count). The molecule has 0 aliphatic rings. The number of methoxy groups -OCH3 is 1. The molecule has 0 aliphatic heterocycles. The summed E-state index contributed by atoms with van der Waals surface area (Å²) in [5.74, 6) is -0.266. The Balaban J connectivity index is 2.24. The summed E-state index contributed by atoms with van der Waals surface area (Å²) in [5, 5.41) is 0.0788. The van der Waals surface area contributed by atoms with Gasteiger partial charge in [0.15, 0.2) is 5.12 Å². The normalized spacial score (nSPS) is 9.81. The molecule has 16 heavy (non-hydrogen) atoms. The quantitative estimate of drug-likeness (QED) is 0.584. The van der Waals surface area contributed by atoms with E-state index in [0.29, 0.717) is 19.3 Å². The molecule has 3 nitrogen and oxygen atoms in total. The predicted molar refractivity (Wildman–Crippen MR) is 63.2 cm³/mol. The van der Waals surface area contributed by atoms with E-state index in [4.69, 9.17) is 0 Å². The number of rotatable bonds is 5. The minimum atomic E-state index is -0.266. The largest absolute Gasteiger partial charge is 0.469 e. The summed E-state index contributed by atoms with van der Waals surface area (Å²) in [6.07, 6.45) is 1.25. The Hall–Kier alpha value is -1.29. The van der Waals surface area contributed by atoms with Crippen molar-refractivity contribution in [3.05, 3.63) is 30.3 Å². The van der Waals surface area contributed by atoms with Gasteiger partial charge in [-0.1, -0.05) is 30.0 Å². The minimum absolute atomic E-state index is 0.0788. The first kappa shape index (κ1) is 12.8. The molecule has 1 aromatic rings. The summed E-state index contributed by atoms with van der Waals surface area (Å²) < 4.78 is 4.49. The molecule has 0 unspecified atom stereocenters. The molecule has 1 aromatic carbocycles. The first-order valence-electron chi connectivity index (χ1n) is 5.05. The van der Waals surface area contributed by atoms with Crippen molar-refractivity contribution in [2.24, 2.45) is 0 Å². The van der Waals surface area contributed by atoms with E-state index >= 15 is 0 Å². The third-order valence-corrected chi connectivity index (χ3v) is 2.90. The maximum Gasteiger partial charge on any atom is 0.305 e. The Morgan fingerprint density at radius 1 is 1.19 bits per heavy atom. The smallest absolute Gasteiger partial charge is 0.305 e. The van der Waals surface area contributed by atoms with Crippen LogP contribution < -0.4 is 0 Å². The lowest BCUT2D eigenvalue weighted by Gasteiger charge is -2.00. The number of hydrogen-bond acceptors (Lipinski definition) is 4. The Morgan fingerprint density at radius 3 is 2.50 bits per heavy atom. The third kappa shape index (κ3) is 4.98. The molecule has 0 amide bonds. The van der Waals surface area contributed by atoms with Gasteiger partial charge in [0.25, 0.3) is 0 Å². The lowest BCUT2D eigenvalue weighted by atomic mass is 10.2.